The van der Waals surface area contributed by atoms with Gasteiger partial charge in [-0.05, 0) is 6.33 Å². The fourth-order valence-corrected chi connectivity index (χ4v) is 0.338. The van der Waals surface area contributed by atoms with E-state index in [1.165, 1.54) is 6.33 Å². The van der Waals surface area contributed by atoms with Crippen molar-refractivity contribution in [3.63, 3.8) is 0 Å². The quantitative estimate of drug-likeness (QED) is 0.679. The molecule has 0 spiro atoms. The second-order valence-corrected chi connectivity index (χ2v) is 1.32. The van der Waals surface area contributed by atoms with E-state index in [-0.39, 0.29) is 20.4 Å². The van der Waals surface area contributed by atoms with Crippen LogP contribution in [0, 0.1) is 13.1 Å². The Morgan fingerprint density at radius 3 is 1.83 bits per heavy atom. The van der Waals surface area contributed by atoms with Gasteiger partial charge in [-0.15, -0.1) is 5.56 Å². The van der Waals surface area contributed by atoms with Gasteiger partial charge in [-0.2, -0.15) is 0 Å². The van der Waals surface area contributed by atoms with Crippen LogP contribution in [0.5, 0.6) is 0 Å². The topological polar surface area (TPSA) is 25.8 Å². The fraction of sp³-hybridized carbons (Fsp3) is 0.556. The molecule has 0 saturated heterocycles. The molecular formula is C9H17N2Re-. The molecule has 0 fully saturated rings. The first kappa shape index (κ1) is 17.7. The summed E-state index contributed by atoms with van der Waals surface area (Å²) in [7, 11) is 0. The molecule has 0 aliphatic heterocycles. The van der Waals surface area contributed by atoms with Crippen molar-refractivity contribution < 1.29 is 20.4 Å². The van der Waals surface area contributed by atoms with Crippen LogP contribution in [-0.2, 0) is 20.4 Å². The van der Waals surface area contributed by atoms with Crippen LogP contribution >= 0.6 is 0 Å². The van der Waals surface area contributed by atoms with Gasteiger partial charge in [0.15, 0.2) is 0 Å². The summed E-state index contributed by atoms with van der Waals surface area (Å²) in [4.78, 5) is 7.39. The molecule has 1 heterocycles. The van der Waals surface area contributed by atoms with E-state index in [1.807, 2.05) is 34.6 Å². The fourth-order valence-electron chi connectivity index (χ4n) is 0.338. The number of rotatable bonds is 0. The number of aromatic nitrogens is 2. The van der Waals surface area contributed by atoms with Crippen LogP contribution in [0.2, 0.25) is 0 Å². The second kappa shape index (κ2) is 17.0. The summed E-state index contributed by atoms with van der Waals surface area (Å²) in [6.07, 6.45) is 5.90. The van der Waals surface area contributed by atoms with Crippen LogP contribution < -0.4 is 0 Å². The summed E-state index contributed by atoms with van der Waals surface area (Å²) < 4.78 is 0. The summed E-state index contributed by atoms with van der Waals surface area (Å²) in [5, 5.41) is 0. The summed E-state index contributed by atoms with van der Waals surface area (Å²) in [6, 6.07) is 0. The normalized spacial score (nSPS) is 6.08. The Kier molecular flexibility index (Phi) is 25.1. The summed E-state index contributed by atoms with van der Waals surface area (Å²) >= 11 is 0. The molecule has 2 nitrogen and oxygen atoms in total. The Morgan fingerprint density at radius 2 is 1.67 bits per heavy atom. The molecule has 0 bridgehead atoms. The largest absolute Gasteiger partial charge is 0.376 e. The molecule has 0 aliphatic carbocycles. The van der Waals surface area contributed by atoms with Crippen molar-refractivity contribution in [3.05, 3.63) is 24.3 Å². The second-order valence-electron chi connectivity index (χ2n) is 1.32. The van der Waals surface area contributed by atoms with E-state index in [2.05, 4.69) is 16.2 Å². The minimum absolute atomic E-state index is 0. The average molecular weight is 339 g/mol. The predicted octanol–water partition coefficient (Wildman–Crippen LogP) is 2.64. The molecule has 0 aromatic carbocycles. The number of hydrogen-bond donors (Lipinski definition) is 0. The van der Waals surface area contributed by atoms with Gasteiger partial charge in [0.05, 0.1) is 0 Å². The molecule has 1 aromatic heterocycles. The van der Waals surface area contributed by atoms with Crippen molar-refractivity contribution in [1.29, 1.82) is 0 Å². The molecule has 12 heavy (non-hydrogen) atoms. The van der Waals surface area contributed by atoms with Crippen LogP contribution in [-0.4, -0.2) is 9.97 Å². The maximum Gasteiger partial charge on any atom is 0 e. The van der Waals surface area contributed by atoms with Crippen molar-refractivity contribution in [1.82, 2.24) is 9.97 Å². The van der Waals surface area contributed by atoms with E-state index in [9.17, 15) is 0 Å². The minimum Gasteiger partial charge on any atom is -0.376 e. The average Bonchev–Trinajstić information content (AvgIpc) is 2.13. The summed E-state index contributed by atoms with van der Waals surface area (Å²) in [5.41, 5.74) is 0.975. The smallest absolute Gasteiger partial charge is 0 e. The summed E-state index contributed by atoms with van der Waals surface area (Å²) in [5.74, 6) is 0. The molecule has 0 saturated carbocycles. The van der Waals surface area contributed by atoms with Crippen molar-refractivity contribution in [2.24, 2.45) is 0 Å². The zero-order valence-corrected chi connectivity index (χ0v) is 11.1. The van der Waals surface area contributed by atoms with Crippen molar-refractivity contribution >= 4 is 0 Å². The Balaban J connectivity index is -0.000000144. The van der Waals surface area contributed by atoms with Gasteiger partial charge in [-0.3, -0.25) is 0 Å². The third kappa shape index (κ3) is 12.4. The zero-order chi connectivity index (χ0) is 9.11. The molecule has 0 unspecified atom stereocenters. The number of hydrogen-bond acceptors (Lipinski definition) is 2. The predicted molar refractivity (Wildman–Crippen MR) is 48.3 cm³/mol. The Morgan fingerprint density at radius 1 is 1.17 bits per heavy atom. The third-order valence-electron chi connectivity index (χ3n) is 0.633. The van der Waals surface area contributed by atoms with Crippen molar-refractivity contribution in [3.8, 4) is 0 Å². The van der Waals surface area contributed by atoms with Crippen molar-refractivity contribution in [2.75, 3.05) is 0 Å². The maximum atomic E-state index is 3.74. The Bertz CT molecular complexity index is 142. The molecule has 0 N–H and O–H groups in total. The molecule has 1 rings (SSSR count). The van der Waals surface area contributed by atoms with Crippen LogP contribution in [0.4, 0.5) is 0 Å². The summed E-state index contributed by atoms with van der Waals surface area (Å²) in [6.45, 7) is 9.90. The standard InChI is InChI=1S/C5H5N2.2C2H6.Re/c1-5-2-6-4-7-3-5;2*1-2;/h2,4H,1H3;2*1-2H3;/q-1;;;. The Labute approximate surface area is 89.5 Å². The van der Waals surface area contributed by atoms with E-state index in [0.717, 1.165) is 5.56 Å². The van der Waals surface area contributed by atoms with Crippen LogP contribution in [0.15, 0.2) is 12.5 Å². The zero-order valence-electron chi connectivity index (χ0n) is 8.43. The number of nitrogens with zero attached hydrogens (tertiary/aromatic N) is 2. The molecule has 0 amide bonds. The van der Waals surface area contributed by atoms with Gasteiger partial charge in [-0.1, -0.05) is 47.0 Å². The minimum atomic E-state index is 0. The van der Waals surface area contributed by atoms with E-state index in [4.69, 9.17) is 0 Å². The van der Waals surface area contributed by atoms with Gasteiger partial charge in [0.2, 0.25) is 0 Å². The number of aryl methyl sites for hydroxylation is 1. The maximum absolute atomic E-state index is 3.74. The van der Waals surface area contributed by atoms with E-state index in [0.29, 0.717) is 0 Å². The van der Waals surface area contributed by atoms with E-state index in [1.54, 1.807) is 6.20 Å². The monoisotopic (exact) mass is 340 g/mol. The first-order chi connectivity index (χ1) is 5.39. The van der Waals surface area contributed by atoms with E-state index >= 15 is 0 Å². The first-order valence-corrected chi connectivity index (χ1v) is 4.04. The molecule has 0 atom stereocenters. The first-order valence-electron chi connectivity index (χ1n) is 4.04. The van der Waals surface area contributed by atoms with Gasteiger partial charge in [-0.25, -0.2) is 0 Å². The third-order valence-corrected chi connectivity index (χ3v) is 0.633. The Hall–Kier alpha value is -0.258. The van der Waals surface area contributed by atoms with Gasteiger partial charge in [0.1, 0.15) is 0 Å². The molecule has 1 aromatic rings. The van der Waals surface area contributed by atoms with Gasteiger partial charge >= 0.3 is 0 Å². The molecular weight excluding hydrogens is 322 g/mol. The van der Waals surface area contributed by atoms with Gasteiger partial charge in [0, 0.05) is 20.4 Å². The molecule has 0 aliphatic rings. The molecule has 1 radical (unpaired) electrons. The van der Waals surface area contributed by atoms with Crippen LogP contribution in [0.25, 0.3) is 0 Å². The van der Waals surface area contributed by atoms with Crippen molar-refractivity contribution in [2.45, 2.75) is 34.6 Å². The van der Waals surface area contributed by atoms with Crippen LogP contribution in [0.1, 0.15) is 33.3 Å². The van der Waals surface area contributed by atoms with Crippen LogP contribution in [0.3, 0.4) is 0 Å². The molecule has 3 heteroatoms. The molecule has 71 valence electrons. The van der Waals surface area contributed by atoms with Gasteiger partial charge in [0.25, 0.3) is 0 Å². The SMILES string of the molecule is CC.CC.Cc1[c-]ncnc1.[Re]. The van der Waals surface area contributed by atoms with E-state index < -0.39 is 0 Å². The van der Waals surface area contributed by atoms with Gasteiger partial charge < -0.3 is 9.97 Å².